The fourth-order valence-electron chi connectivity index (χ4n) is 1.40. The van der Waals surface area contributed by atoms with Crippen LogP contribution in [0.4, 0.5) is 0 Å². The maximum Gasteiger partial charge on any atom is 0.246 e. The van der Waals surface area contributed by atoms with Crippen molar-refractivity contribution in [1.82, 2.24) is 10.3 Å². The third-order valence-electron chi connectivity index (χ3n) is 2.37. The first kappa shape index (κ1) is 14.1. The SMILES string of the molecule is NC(=O)C(O)CCCNC(=O)Cc1ccccn1. The lowest BCUT2D eigenvalue weighted by Gasteiger charge is -2.07. The van der Waals surface area contributed by atoms with E-state index in [-0.39, 0.29) is 18.7 Å². The second-order valence-corrected chi connectivity index (χ2v) is 3.91. The summed E-state index contributed by atoms with van der Waals surface area (Å²) in [5, 5.41) is 11.8. The van der Waals surface area contributed by atoms with Crippen molar-refractivity contribution in [2.24, 2.45) is 5.73 Å². The van der Waals surface area contributed by atoms with Crippen LogP contribution in [0.1, 0.15) is 18.5 Å². The van der Waals surface area contributed by atoms with Crippen LogP contribution in [0.5, 0.6) is 0 Å². The average molecular weight is 251 g/mol. The Balaban J connectivity index is 2.16. The molecule has 0 bridgehead atoms. The summed E-state index contributed by atoms with van der Waals surface area (Å²) >= 11 is 0. The Morgan fingerprint density at radius 2 is 2.22 bits per heavy atom. The number of aromatic nitrogens is 1. The number of aliphatic hydroxyl groups excluding tert-OH is 1. The van der Waals surface area contributed by atoms with Crippen LogP contribution in [0.3, 0.4) is 0 Å². The summed E-state index contributed by atoms with van der Waals surface area (Å²) in [5.74, 6) is -0.878. The van der Waals surface area contributed by atoms with Crippen molar-refractivity contribution < 1.29 is 14.7 Å². The Morgan fingerprint density at radius 1 is 1.44 bits per heavy atom. The number of nitrogens with zero attached hydrogens (tertiary/aromatic N) is 1. The summed E-state index contributed by atoms with van der Waals surface area (Å²) in [7, 11) is 0. The number of pyridine rings is 1. The van der Waals surface area contributed by atoms with E-state index in [1.807, 2.05) is 6.07 Å². The molecular weight excluding hydrogens is 234 g/mol. The molecule has 98 valence electrons. The largest absolute Gasteiger partial charge is 0.383 e. The second-order valence-electron chi connectivity index (χ2n) is 3.91. The van der Waals surface area contributed by atoms with Gasteiger partial charge in [0.2, 0.25) is 11.8 Å². The van der Waals surface area contributed by atoms with Crippen molar-refractivity contribution in [3.8, 4) is 0 Å². The highest BCUT2D eigenvalue weighted by molar-refractivity contribution is 5.78. The molecule has 0 radical (unpaired) electrons. The summed E-state index contributed by atoms with van der Waals surface area (Å²) in [6, 6.07) is 5.38. The predicted molar refractivity (Wildman–Crippen MR) is 65.4 cm³/mol. The van der Waals surface area contributed by atoms with Crippen molar-refractivity contribution in [2.75, 3.05) is 6.54 Å². The molecule has 0 fully saturated rings. The number of hydrogen-bond acceptors (Lipinski definition) is 4. The molecule has 2 amide bonds. The molecule has 1 heterocycles. The zero-order chi connectivity index (χ0) is 13.4. The lowest BCUT2D eigenvalue weighted by Crippen LogP contribution is -2.30. The number of aliphatic hydroxyl groups is 1. The van der Waals surface area contributed by atoms with E-state index >= 15 is 0 Å². The van der Waals surface area contributed by atoms with Crippen molar-refractivity contribution in [1.29, 1.82) is 0 Å². The van der Waals surface area contributed by atoms with E-state index < -0.39 is 12.0 Å². The number of carbonyl (C=O) groups excluding carboxylic acids is 2. The van der Waals surface area contributed by atoms with Gasteiger partial charge in [0.15, 0.2) is 0 Å². The van der Waals surface area contributed by atoms with Crippen LogP contribution in [0.15, 0.2) is 24.4 Å². The van der Waals surface area contributed by atoms with E-state index in [1.165, 1.54) is 0 Å². The highest BCUT2D eigenvalue weighted by atomic mass is 16.3. The van der Waals surface area contributed by atoms with E-state index in [1.54, 1.807) is 18.3 Å². The molecule has 0 saturated carbocycles. The summed E-state index contributed by atoms with van der Waals surface area (Å²) in [6.07, 6.45) is 1.46. The number of nitrogens with one attached hydrogen (secondary N) is 1. The molecule has 6 heteroatoms. The van der Waals surface area contributed by atoms with Gasteiger partial charge in [-0.3, -0.25) is 14.6 Å². The molecule has 18 heavy (non-hydrogen) atoms. The molecule has 1 aromatic rings. The first-order valence-electron chi connectivity index (χ1n) is 5.73. The lowest BCUT2D eigenvalue weighted by atomic mass is 10.2. The Labute approximate surface area is 105 Å². The van der Waals surface area contributed by atoms with Gasteiger partial charge in [0.25, 0.3) is 0 Å². The van der Waals surface area contributed by atoms with E-state index in [9.17, 15) is 9.59 Å². The van der Waals surface area contributed by atoms with Gasteiger partial charge in [-0.1, -0.05) is 6.07 Å². The van der Waals surface area contributed by atoms with E-state index in [0.29, 0.717) is 18.7 Å². The average Bonchev–Trinajstić information content (AvgIpc) is 2.35. The quantitative estimate of drug-likeness (QED) is 0.561. The van der Waals surface area contributed by atoms with Crippen LogP contribution >= 0.6 is 0 Å². The van der Waals surface area contributed by atoms with E-state index in [4.69, 9.17) is 10.8 Å². The Hall–Kier alpha value is -1.95. The van der Waals surface area contributed by atoms with Crippen LogP contribution < -0.4 is 11.1 Å². The van der Waals surface area contributed by atoms with Crippen LogP contribution in [0.25, 0.3) is 0 Å². The minimum atomic E-state index is -1.14. The predicted octanol–water partition coefficient (Wildman–Crippen LogP) is -0.633. The minimum Gasteiger partial charge on any atom is -0.383 e. The van der Waals surface area contributed by atoms with Crippen molar-refractivity contribution >= 4 is 11.8 Å². The smallest absolute Gasteiger partial charge is 0.246 e. The maximum atomic E-state index is 11.5. The standard InChI is InChI=1S/C12H17N3O3/c13-12(18)10(16)5-3-7-15-11(17)8-9-4-1-2-6-14-9/h1-2,4,6,10,16H,3,5,7-8H2,(H2,13,18)(H,15,17). The van der Waals surface area contributed by atoms with Crippen LogP contribution in [0.2, 0.25) is 0 Å². The summed E-state index contributed by atoms with van der Waals surface area (Å²) < 4.78 is 0. The molecule has 1 unspecified atom stereocenters. The second kappa shape index (κ2) is 7.39. The van der Waals surface area contributed by atoms with Gasteiger partial charge in [0.05, 0.1) is 6.42 Å². The molecule has 1 rings (SSSR count). The number of rotatable bonds is 7. The minimum absolute atomic E-state index is 0.137. The van der Waals surface area contributed by atoms with Gasteiger partial charge in [-0.15, -0.1) is 0 Å². The van der Waals surface area contributed by atoms with Gasteiger partial charge in [0, 0.05) is 18.4 Å². The normalized spacial score (nSPS) is 11.8. The fourth-order valence-corrected chi connectivity index (χ4v) is 1.40. The number of hydrogen-bond donors (Lipinski definition) is 3. The summed E-state index contributed by atoms with van der Waals surface area (Å²) in [4.78, 5) is 26.1. The number of primary amides is 1. The third-order valence-corrected chi connectivity index (χ3v) is 2.37. The van der Waals surface area contributed by atoms with Gasteiger partial charge in [-0.2, -0.15) is 0 Å². The first-order valence-corrected chi connectivity index (χ1v) is 5.73. The van der Waals surface area contributed by atoms with Crippen molar-refractivity contribution in [3.63, 3.8) is 0 Å². The van der Waals surface area contributed by atoms with Crippen molar-refractivity contribution in [3.05, 3.63) is 30.1 Å². The maximum absolute atomic E-state index is 11.5. The number of nitrogens with two attached hydrogens (primary N) is 1. The van der Waals surface area contributed by atoms with Crippen molar-refractivity contribution in [2.45, 2.75) is 25.4 Å². The molecule has 0 spiro atoms. The van der Waals surface area contributed by atoms with E-state index in [0.717, 1.165) is 0 Å². The zero-order valence-electron chi connectivity index (χ0n) is 10.0. The Bertz CT molecular complexity index is 395. The third kappa shape index (κ3) is 5.40. The van der Waals surface area contributed by atoms with Gasteiger partial charge >= 0.3 is 0 Å². The van der Waals surface area contributed by atoms with Crippen LogP contribution in [-0.4, -0.2) is 34.6 Å². The monoisotopic (exact) mass is 251 g/mol. The molecule has 0 aliphatic heterocycles. The zero-order valence-corrected chi connectivity index (χ0v) is 10.0. The Kier molecular flexibility index (Phi) is 5.79. The molecule has 0 aromatic carbocycles. The first-order chi connectivity index (χ1) is 8.59. The number of carbonyl (C=O) groups is 2. The molecule has 0 aliphatic carbocycles. The van der Waals surface area contributed by atoms with Gasteiger partial charge in [-0.25, -0.2) is 0 Å². The molecule has 0 saturated heterocycles. The highest BCUT2D eigenvalue weighted by Gasteiger charge is 2.10. The van der Waals surface area contributed by atoms with E-state index in [2.05, 4.69) is 10.3 Å². The molecule has 6 nitrogen and oxygen atoms in total. The summed E-state index contributed by atoms with van der Waals surface area (Å²) in [5.41, 5.74) is 5.60. The topological polar surface area (TPSA) is 105 Å². The van der Waals surface area contributed by atoms with Gasteiger partial charge in [0.1, 0.15) is 6.10 Å². The highest BCUT2D eigenvalue weighted by Crippen LogP contribution is 1.96. The molecule has 4 N–H and O–H groups in total. The lowest BCUT2D eigenvalue weighted by molar-refractivity contribution is -0.126. The molecule has 1 atom stereocenters. The van der Waals surface area contributed by atoms with Crippen LogP contribution in [0, 0.1) is 0 Å². The fraction of sp³-hybridized carbons (Fsp3) is 0.417. The number of amides is 2. The molecular formula is C12H17N3O3. The molecule has 0 aliphatic rings. The van der Waals surface area contributed by atoms with Crippen LogP contribution in [-0.2, 0) is 16.0 Å². The van der Waals surface area contributed by atoms with Gasteiger partial charge < -0.3 is 16.2 Å². The summed E-state index contributed by atoms with van der Waals surface area (Å²) in [6.45, 7) is 0.399. The van der Waals surface area contributed by atoms with Gasteiger partial charge in [-0.05, 0) is 25.0 Å². The molecule has 1 aromatic heterocycles. The Morgan fingerprint density at radius 3 is 2.83 bits per heavy atom.